The van der Waals surface area contributed by atoms with Crippen LogP contribution >= 0.6 is 0 Å². The molecular weight excluding hydrogens is 496 g/mol. The van der Waals surface area contributed by atoms with E-state index in [-0.39, 0.29) is 23.3 Å². The van der Waals surface area contributed by atoms with Crippen LogP contribution in [0.25, 0.3) is 11.2 Å². The summed E-state index contributed by atoms with van der Waals surface area (Å²) in [6.45, 7) is 6.08. The molecule has 1 unspecified atom stereocenters. The molecule has 1 amide bonds. The fourth-order valence-electron chi connectivity index (χ4n) is 5.30. The van der Waals surface area contributed by atoms with Gasteiger partial charge in [0, 0.05) is 25.5 Å². The number of carbonyl (C=O) groups is 1. The van der Waals surface area contributed by atoms with E-state index < -0.39 is 11.7 Å². The van der Waals surface area contributed by atoms with Crippen molar-refractivity contribution in [3.63, 3.8) is 0 Å². The minimum Gasteiger partial charge on any atom is -0.463 e. The molecular formula is C28H40N8O3. The largest absolute Gasteiger partial charge is 0.463 e. The van der Waals surface area contributed by atoms with E-state index in [0.717, 1.165) is 18.8 Å². The Morgan fingerprint density at radius 2 is 1.79 bits per heavy atom. The maximum absolute atomic E-state index is 11.3. The van der Waals surface area contributed by atoms with Gasteiger partial charge in [-0.15, -0.1) is 0 Å². The monoisotopic (exact) mass is 536 g/mol. The third kappa shape index (κ3) is 6.52. The van der Waals surface area contributed by atoms with Gasteiger partial charge in [0.05, 0.1) is 0 Å². The predicted octanol–water partition coefficient (Wildman–Crippen LogP) is 4.58. The highest BCUT2D eigenvalue weighted by molar-refractivity contribution is 6.01. The van der Waals surface area contributed by atoms with Gasteiger partial charge >= 0.3 is 6.09 Å². The number of rotatable bonds is 6. The highest BCUT2D eigenvalue weighted by Crippen LogP contribution is 2.34. The van der Waals surface area contributed by atoms with Gasteiger partial charge in [0.2, 0.25) is 0 Å². The van der Waals surface area contributed by atoms with Crippen LogP contribution in [0.1, 0.15) is 89.4 Å². The van der Waals surface area contributed by atoms with Crippen molar-refractivity contribution in [2.45, 2.75) is 83.8 Å². The van der Waals surface area contributed by atoms with Crippen molar-refractivity contribution in [2.24, 2.45) is 29.6 Å². The van der Waals surface area contributed by atoms with Crippen LogP contribution in [-0.4, -0.2) is 52.7 Å². The average Bonchev–Trinajstić information content (AvgIpc) is 3.21. The fraction of sp³-hybridized carbons (Fsp3) is 0.571. The Morgan fingerprint density at radius 1 is 1.13 bits per heavy atom. The van der Waals surface area contributed by atoms with Gasteiger partial charge < -0.3 is 25.8 Å². The summed E-state index contributed by atoms with van der Waals surface area (Å²) in [5.74, 6) is 1.98. The van der Waals surface area contributed by atoms with Crippen LogP contribution in [0, 0.1) is 11.8 Å². The highest BCUT2D eigenvalue weighted by atomic mass is 16.4. The minimum absolute atomic E-state index is 0.0450. The number of carboxylic acid groups (broad SMARTS) is 1. The van der Waals surface area contributed by atoms with Gasteiger partial charge in [0.1, 0.15) is 16.9 Å². The number of nitrogens with two attached hydrogens (primary N) is 1. The van der Waals surface area contributed by atoms with Crippen LogP contribution in [-0.2, 0) is 12.6 Å². The van der Waals surface area contributed by atoms with Crippen molar-refractivity contribution in [3.05, 3.63) is 41.7 Å². The van der Waals surface area contributed by atoms with Crippen molar-refractivity contribution in [1.82, 2.24) is 24.5 Å². The molecule has 3 aromatic heterocycles. The first-order valence-electron chi connectivity index (χ1n) is 13.8. The summed E-state index contributed by atoms with van der Waals surface area (Å²) in [4.78, 5) is 31.7. The van der Waals surface area contributed by atoms with Gasteiger partial charge in [0.25, 0.3) is 0 Å². The Kier molecular flexibility index (Phi) is 8.79. The smallest absolute Gasteiger partial charge is 0.433 e. The van der Waals surface area contributed by atoms with E-state index in [1.165, 1.54) is 38.5 Å². The van der Waals surface area contributed by atoms with E-state index in [2.05, 4.69) is 44.1 Å². The molecule has 2 atom stereocenters. The van der Waals surface area contributed by atoms with Crippen molar-refractivity contribution >= 4 is 28.9 Å². The number of pyridine rings is 1. The summed E-state index contributed by atoms with van der Waals surface area (Å²) >= 11 is 0. The number of nitrogens with zero attached hydrogens (tertiary/aromatic N) is 6. The van der Waals surface area contributed by atoms with E-state index in [9.17, 15) is 9.90 Å². The number of aliphatic hydroxyl groups is 1. The Bertz CT molecular complexity index is 1310. The molecule has 11 nitrogen and oxygen atoms in total. The number of aryl methyl sites for hydroxylation is 1. The van der Waals surface area contributed by atoms with Crippen LogP contribution in [0.4, 0.5) is 10.6 Å². The minimum atomic E-state index is -1.44. The van der Waals surface area contributed by atoms with Crippen molar-refractivity contribution in [3.8, 4) is 0 Å². The first-order chi connectivity index (χ1) is 18.6. The van der Waals surface area contributed by atoms with E-state index in [1.54, 1.807) is 43.1 Å². The Morgan fingerprint density at radius 3 is 2.33 bits per heavy atom. The zero-order valence-electron chi connectivity index (χ0n) is 23.3. The predicted molar refractivity (Wildman–Crippen MR) is 151 cm³/mol. The standard InChI is InChI=1S/C21H26N8O3.C7H14/c1-11(12-5-4-6-12)24-16-14-17(27-18(26-16)15(22)25-20(30)31)28-19(29(14)3)21(2,32)13-7-9-23-10-8-13;1-7-5-3-2-4-6-7/h7-12,32H,4-6H2,1-3H3,(H2,22,25)(H,30,31)(H,24,26,27);7H,2-6H2,1H3/t11-,21?;/m1./s1. The second-order valence-corrected chi connectivity index (χ2v) is 11.0. The van der Waals surface area contributed by atoms with Gasteiger partial charge in [-0.1, -0.05) is 45.4 Å². The molecule has 0 spiro atoms. The molecule has 39 heavy (non-hydrogen) atoms. The summed E-state index contributed by atoms with van der Waals surface area (Å²) in [6.07, 6.45) is 12.7. The molecule has 0 saturated heterocycles. The van der Waals surface area contributed by atoms with Gasteiger partial charge in [-0.3, -0.25) is 4.98 Å². The molecule has 210 valence electrons. The second-order valence-electron chi connectivity index (χ2n) is 11.0. The number of hydrogen-bond acceptors (Lipinski definition) is 7. The van der Waals surface area contributed by atoms with Crippen molar-refractivity contribution in [2.75, 3.05) is 5.32 Å². The molecule has 11 heteroatoms. The summed E-state index contributed by atoms with van der Waals surface area (Å²) in [5.41, 5.74) is 5.86. The normalized spacial score (nSPS) is 18.9. The topological polar surface area (TPSA) is 164 Å². The Balaban J connectivity index is 0.000000438. The summed E-state index contributed by atoms with van der Waals surface area (Å²) in [5, 5.41) is 23.7. The SMILES string of the molecule is CC1CCCCC1.C[C@@H](Nc1nc(/C(N)=N/C(=O)O)nc2nc(C(C)(O)c3ccncc3)n(C)c12)C1CCC1. The first-order valence-corrected chi connectivity index (χ1v) is 13.8. The molecule has 3 aromatic rings. The number of aromatic nitrogens is 5. The summed E-state index contributed by atoms with van der Waals surface area (Å²) in [6, 6.07) is 3.56. The van der Waals surface area contributed by atoms with E-state index in [1.807, 2.05) is 0 Å². The molecule has 2 saturated carbocycles. The van der Waals surface area contributed by atoms with Gasteiger partial charge in [-0.2, -0.15) is 4.99 Å². The lowest BCUT2D eigenvalue weighted by Gasteiger charge is -2.32. The molecule has 0 aromatic carbocycles. The van der Waals surface area contributed by atoms with Gasteiger partial charge in [-0.05, 0) is 56.2 Å². The zero-order chi connectivity index (χ0) is 28.2. The fourth-order valence-corrected chi connectivity index (χ4v) is 5.30. The quantitative estimate of drug-likeness (QED) is 0.260. The number of aliphatic imine (C=N–C) groups is 1. The average molecular weight is 537 g/mol. The number of anilines is 1. The molecule has 0 radical (unpaired) electrons. The number of amides is 1. The first kappa shape index (κ1) is 28.4. The number of hydrogen-bond donors (Lipinski definition) is 4. The molecule has 5 rings (SSSR count). The highest BCUT2D eigenvalue weighted by Gasteiger charge is 2.33. The molecule has 0 aliphatic heterocycles. The van der Waals surface area contributed by atoms with Crippen molar-refractivity contribution < 1.29 is 15.0 Å². The van der Waals surface area contributed by atoms with Crippen LogP contribution in [0.2, 0.25) is 0 Å². The van der Waals surface area contributed by atoms with Gasteiger partial charge in [-0.25, -0.2) is 19.7 Å². The van der Waals surface area contributed by atoms with Crippen LogP contribution in [0.5, 0.6) is 0 Å². The molecule has 2 aliphatic carbocycles. The third-order valence-electron chi connectivity index (χ3n) is 7.97. The molecule has 2 aliphatic rings. The van der Waals surface area contributed by atoms with Crippen LogP contribution in [0.3, 0.4) is 0 Å². The maximum atomic E-state index is 11.3. The molecule has 2 fully saturated rings. The summed E-state index contributed by atoms with van der Waals surface area (Å²) < 4.78 is 1.74. The Labute approximate surface area is 229 Å². The summed E-state index contributed by atoms with van der Waals surface area (Å²) in [7, 11) is 1.78. The number of fused-ring (bicyclic) bond motifs is 1. The third-order valence-corrected chi connectivity index (χ3v) is 7.97. The van der Waals surface area contributed by atoms with Crippen molar-refractivity contribution in [1.29, 1.82) is 0 Å². The lowest BCUT2D eigenvalue weighted by Crippen LogP contribution is -2.32. The lowest BCUT2D eigenvalue weighted by molar-refractivity contribution is 0.0896. The lowest BCUT2D eigenvalue weighted by atomic mass is 9.80. The van der Waals surface area contributed by atoms with Crippen LogP contribution < -0.4 is 11.1 Å². The maximum Gasteiger partial charge on any atom is 0.433 e. The van der Waals surface area contributed by atoms with E-state index in [4.69, 9.17) is 10.8 Å². The second kappa shape index (κ2) is 12.1. The molecule has 3 heterocycles. The zero-order valence-corrected chi connectivity index (χ0v) is 23.3. The van der Waals surface area contributed by atoms with Crippen LogP contribution in [0.15, 0.2) is 29.5 Å². The number of nitrogens with one attached hydrogen (secondary N) is 1. The van der Waals surface area contributed by atoms with Gasteiger partial charge in [0.15, 0.2) is 23.1 Å². The molecule has 0 bridgehead atoms. The van der Waals surface area contributed by atoms with E-state index >= 15 is 0 Å². The molecule has 5 N–H and O–H groups in total. The Hall–Kier alpha value is -3.60. The number of imidazole rings is 1. The number of amidine groups is 1. The van der Waals surface area contributed by atoms with E-state index in [0.29, 0.717) is 28.6 Å².